The van der Waals surface area contributed by atoms with Crippen molar-refractivity contribution in [2.24, 2.45) is 0 Å². The van der Waals surface area contributed by atoms with Gasteiger partial charge in [-0.15, -0.1) is 0 Å². The van der Waals surface area contributed by atoms with Gasteiger partial charge in [0, 0.05) is 17.6 Å². The minimum atomic E-state index is -2.93. The SMILES string of the molecule is CC(C)(C)NCc1cccc(Br)c1OC1CCS(=O)(=O)C1. The Kier molecular flexibility index (Phi) is 5.00. The standard InChI is InChI=1S/C15H22BrNO3S/c1-15(2,3)17-9-11-5-4-6-13(16)14(11)20-12-7-8-21(18,19)10-12/h4-6,12,17H,7-10H2,1-3H3. The first-order valence-electron chi connectivity index (χ1n) is 7.06. The van der Waals surface area contributed by atoms with Gasteiger partial charge in [-0.2, -0.15) is 0 Å². The highest BCUT2D eigenvalue weighted by molar-refractivity contribution is 9.10. The van der Waals surface area contributed by atoms with Gasteiger partial charge in [0.1, 0.15) is 11.9 Å². The summed E-state index contributed by atoms with van der Waals surface area (Å²) < 4.78 is 29.9. The number of halogens is 1. The normalized spacial score (nSPS) is 21.4. The average Bonchev–Trinajstić information content (AvgIpc) is 2.68. The van der Waals surface area contributed by atoms with E-state index in [0.29, 0.717) is 13.0 Å². The van der Waals surface area contributed by atoms with Crippen LogP contribution in [-0.4, -0.2) is 31.6 Å². The third kappa shape index (κ3) is 4.97. The first kappa shape index (κ1) is 16.8. The Bertz CT molecular complexity index is 608. The average molecular weight is 376 g/mol. The molecule has 21 heavy (non-hydrogen) atoms. The molecule has 1 N–H and O–H groups in total. The zero-order valence-electron chi connectivity index (χ0n) is 12.6. The lowest BCUT2D eigenvalue weighted by atomic mass is 10.1. The maximum atomic E-state index is 11.6. The summed E-state index contributed by atoms with van der Waals surface area (Å²) in [5.74, 6) is 1.08. The molecule has 1 aliphatic rings. The van der Waals surface area contributed by atoms with Crippen molar-refractivity contribution >= 4 is 25.8 Å². The quantitative estimate of drug-likeness (QED) is 0.878. The zero-order valence-corrected chi connectivity index (χ0v) is 15.1. The Morgan fingerprint density at radius 2 is 2.10 bits per heavy atom. The topological polar surface area (TPSA) is 55.4 Å². The molecule has 1 unspecified atom stereocenters. The van der Waals surface area contributed by atoms with Crippen LogP contribution in [0.5, 0.6) is 5.75 Å². The number of sulfone groups is 1. The number of benzene rings is 1. The molecule has 2 rings (SSSR count). The van der Waals surface area contributed by atoms with Gasteiger partial charge in [0.05, 0.1) is 16.0 Å². The van der Waals surface area contributed by atoms with Gasteiger partial charge >= 0.3 is 0 Å². The Hall–Kier alpha value is -0.590. The van der Waals surface area contributed by atoms with E-state index < -0.39 is 9.84 Å². The molecule has 0 bridgehead atoms. The number of nitrogens with one attached hydrogen (secondary N) is 1. The summed E-state index contributed by atoms with van der Waals surface area (Å²) >= 11 is 3.50. The Morgan fingerprint density at radius 1 is 1.38 bits per heavy atom. The molecule has 118 valence electrons. The molecule has 0 aliphatic carbocycles. The van der Waals surface area contributed by atoms with Crippen LogP contribution in [0.15, 0.2) is 22.7 Å². The molecular formula is C15H22BrNO3S. The first-order valence-corrected chi connectivity index (χ1v) is 9.67. The van der Waals surface area contributed by atoms with Gasteiger partial charge < -0.3 is 10.1 Å². The molecule has 6 heteroatoms. The second-order valence-electron chi connectivity index (χ2n) is 6.47. The van der Waals surface area contributed by atoms with Crippen molar-refractivity contribution in [2.45, 2.75) is 45.4 Å². The minimum absolute atomic E-state index is 0.0102. The van der Waals surface area contributed by atoms with E-state index in [4.69, 9.17) is 4.74 Å². The molecule has 1 fully saturated rings. The van der Waals surface area contributed by atoms with E-state index in [1.807, 2.05) is 18.2 Å². The largest absolute Gasteiger partial charge is 0.488 e. The highest BCUT2D eigenvalue weighted by atomic mass is 79.9. The van der Waals surface area contributed by atoms with E-state index >= 15 is 0 Å². The monoisotopic (exact) mass is 375 g/mol. The smallest absolute Gasteiger partial charge is 0.154 e. The number of rotatable bonds is 4. The molecule has 0 radical (unpaired) electrons. The van der Waals surface area contributed by atoms with E-state index in [1.165, 1.54) is 0 Å². The third-order valence-corrected chi connectivity index (χ3v) is 5.69. The summed E-state index contributed by atoms with van der Waals surface area (Å²) in [6, 6.07) is 5.88. The Morgan fingerprint density at radius 3 is 2.67 bits per heavy atom. The van der Waals surface area contributed by atoms with Crippen LogP contribution in [0.2, 0.25) is 0 Å². The van der Waals surface area contributed by atoms with Crippen LogP contribution in [0.3, 0.4) is 0 Å². The third-order valence-electron chi connectivity index (χ3n) is 3.33. The van der Waals surface area contributed by atoms with Crippen molar-refractivity contribution in [3.63, 3.8) is 0 Å². The van der Waals surface area contributed by atoms with Crippen LogP contribution >= 0.6 is 15.9 Å². The summed E-state index contributed by atoms with van der Waals surface area (Å²) in [4.78, 5) is 0. The first-order chi connectivity index (χ1) is 9.66. The molecular weight excluding hydrogens is 354 g/mol. The summed E-state index contributed by atoms with van der Waals surface area (Å²) in [7, 11) is -2.93. The van der Waals surface area contributed by atoms with Crippen LogP contribution in [0.25, 0.3) is 0 Å². The summed E-state index contributed by atoms with van der Waals surface area (Å²) in [6.07, 6.45) is 0.317. The van der Waals surface area contributed by atoms with Crippen LogP contribution in [-0.2, 0) is 16.4 Å². The van der Waals surface area contributed by atoms with Crippen molar-refractivity contribution in [3.05, 3.63) is 28.2 Å². The van der Waals surface area contributed by atoms with Crippen molar-refractivity contribution < 1.29 is 13.2 Å². The highest BCUT2D eigenvalue weighted by Gasteiger charge is 2.30. The zero-order chi connectivity index (χ0) is 15.7. The van der Waals surface area contributed by atoms with Gasteiger partial charge in [-0.1, -0.05) is 12.1 Å². The fourth-order valence-electron chi connectivity index (χ4n) is 2.21. The molecule has 0 spiro atoms. The second-order valence-corrected chi connectivity index (χ2v) is 9.56. The summed E-state index contributed by atoms with van der Waals surface area (Å²) in [5.41, 5.74) is 1.04. The predicted molar refractivity (Wildman–Crippen MR) is 88.4 cm³/mol. The maximum Gasteiger partial charge on any atom is 0.154 e. The van der Waals surface area contributed by atoms with Gasteiger partial charge in [-0.25, -0.2) is 8.42 Å². The van der Waals surface area contributed by atoms with E-state index in [2.05, 4.69) is 42.0 Å². The van der Waals surface area contributed by atoms with Crippen LogP contribution in [0.1, 0.15) is 32.8 Å². The molecule has 0 aromatic heterocycles. The fourth-order valence-corrected chi connectivity index (χ4v) is 4.30. The Balaban J connectivity index is 2.14. The number of hydrogen-bond acceptors (Lipinski definition) is 4. The highest BCUT2D eigenvalue weighted by Crippen LogP contribution is 2.32. The van der Waals surface area contributed by atoms with Gasteiger partial charge in [0.2, 0.25) is 0 Å². The van der Waals surface area contributed by atoms with E-state index in [9.17, 15) is 8.42 Å². The maximum absolute atomic E-state index is 11.6. The molecule has 1 heterocycles. The van der Waals surface area contributed by atoms with Gasteiger partial charge in [0.25, 0.3) is 0 Å². The molecule has 1 atom stereocenters. The van der Waals surface area contributed by atoms with Crippen LogP contribution in [0, 0.1) is 0 Å². The predicted octanol–water partition coefficient (Wildman–Crippen LogP) is 2.90. The molecule has 1 saturated heterocycles. The van der Waals surface area contributed by atoms with Crippen molar-refractivity contribution in [2.75, 3.05) is 11.5 Å². The van der Waals surface area contributed by atoms with Crippen LogP contribution in [0.4, 0.5) is 0 Å². The van der Waals surface area contributed by atoms with Crippen molar-refractivity contribution in [1.29, 1.82) is 0 Å². The summed E-state index contributed by atoms with van der Waals surface area (Å²) in [5, 5.41) is 3.43. The number of ether oxygens (including phenoxy) is 1. The number of hydrogen-bond donors (Lipinski definition) is 1. The van der Waals surface area contributed by atoms with E-state index in [0.717, 1.165) is 15.8 Å². The molecule has 4 nitrogen and oxygen atoms in total. The van der Waals surface area contributed by atoms with Gasteiger partial charge in [0.15, 0.2) is 9.84 Å². The van der Waals surface area contributed by atoms with Crippen molar-refractivity contribution in [3.8, 4) is 5.75 Å². The second kappa shape index (κ2) is 6.26. The van der Waals surface area contributed by atoms with Crippen molar-refractivity contribution in [1.82, 2.24) is 5.32 Å². The molecule has 1 aliphatic heterocycles. The number of para-hydroxylation sites is 1. The molecule has 1 aromatic carbocycles. The lowest BCUT2D eigenvalue weighted by molar-refractivity contribution is 0.224. The molecule has 0 saturated carbocycles. The lowest BCUT2D eigenvalue weighted by Gasteiger charge is -2.23. The van der Waals surface area contributed by atoms with Crippen LogP contribution < -0.4 is 10.1 Å². The van der Waals surface area contributed by atoms with E-state index in [-0.39, 0.29) is 23.1 Å². The minimum Gasteiger partial charge on any atom is -0.488 e. The van der Waals surface area contributed by atoms with Gasteiger partial charge in [-0.3, -0.25) is 0 Å². The molecule has 1 aromatic rings. The van der Waals surface area contributed by atoms with Gasteiger partial charge in [-0.05, 0) is 49.2 Å². The summed E-state index contributed by atoms with van der Waals surface area (Å²) in [6.45, 7) is 7.00. The fraction of sp³-hybridized carbons (Fsp3) is 0.600. The Labute approximate surface area is 135 Å². The lowest BCUT2D eigenvalue weighted by Crippen LogP contribution is -2.35. The molecule has 0 amide bonds. The van der Waals surface area contributed by atoms with E-state index in [1.54, 1.807) is 0 Å².